The van der Waals surface area contributed by atoms with E-state index in [2.05, 4.69) is 69.4 Å². The summed E-state index contributed by atoms with van der Waals surface area (Å²) >= 11 is 0. The van der Waals surface area contributed by atoms with Crippen molar-refractivity contribution in [1.82, 2.24) is 0 Å². The monoisotopic (exact) mass is 779 g/mol. The molecule has 0 rings (SSSR count). The number of allylic oxidation sites excluding steroid dienone is 14. The van der Waals surface area contributed by atoms with E-state index in [1.165, 1.54) is 64.2 Å². The Morgan fingerprint density at radius 3 is 1.34 bits per heavy atom. The molecule has 0 heterocycles. The molecule has 6 nitrogen and oxygen atoms in total. The lowest BCUT2D eigenvalue weighted by molar-refractivity contribution is -0.167. The van der Waals surface area contributed by atoms with Gasteiger partial charge in [-0.05, 0) is 70.6 Å². The Labute approximate surface area is 344 Å². The van der Waals surface area contributed by atoms with Crippen LogP contribution < -0.4 is 0 Å². The Balaban J connectivity index is 4.51. The maximum Gasteiger partial charge on any atom is 0.306 e. The summed E-state index contributed by atoms with van der Waals surface area (Å²) in [4.78, 5) is 37.7. The first-order valence-corrected chi connectivity index (χ1v) is 22.6. The molecule has 0 aromatic carbocycles. The van der Waals surface area contributed by atoms with Crippen LogP contribution in [-0.4, -0.2) is 37.2 Å². The first-order valence-electron chi connectivity index (χ1n) is 22.6. The van der Waals surface area contributed by atoms with Gasteiger partial charge in [0.25, 0.3) is 0 Å². The fraction of sp³-hybridized carbons (Fsp3) is 0.660. The summed E-state index contributed by atoms with van der Waals surface area (Å²) in [6.07, 6.45) is 55.7. The van der Waals surface area contributed by atoms with Gasteiger partial charge in [-0.3, -0.25) is 14.4 Å². The number of esters is 3. The van der Waals surface area contributed by atoms with Crippen LogP contribution in [0.2, 0.25) is 0 Å². The van der Waals surface area contributed by atoms with Crippen LogP contribution in [0.15, 0.2) is 85.1 Å². The van der Waals surface area contributed by atoms with E-state index in [4.69, 9.17) is 14.2 Å². The van der Waals surface area contributed by atoms with Crippen LogP contribution in [0.25, 0.3) is 0 Å². The predicted molar refractivity (Wildman–Crippen MR) is 237 cm³/mol. The molecular formula is C50H82O6. The molecule has 0 saturated carbocycles. The number of carbonyl (C=O) groups excluding carboxylic acids is 3. The van der Waals surface area contributed by atoms with Gasteiger partial charge in [0, 0.05) is 19.3 Å². The van der Waals surface area contributed by atoms with E-state index in [0.29, 0.717) is 19.3 Å². The lowest BCUT2D eigenvalue weighted by Crippen LogP contribution is -2.30. The SMILES string of the molecule is CC\C=C/C=C\C=C/C=C\CCCCCC(=O)OCC(COC(=O)CCCC/C=C\C/C=C\C/C=C\CC)OC(=O)CCCCCCCCCCCCCCC. The molecule has 0 aliphatic heterocycles. The van der Waals surface area contributed by atoms with Crippen LogP contribution in [0.3, 0.4) is 0 Å². The highest BCUT2D eigenvalue weighted by atomic mass is 16.6. The molecule has 0 aromatic heterocycles. The molecular weight excluding hydrogens is 697 g/mol. The zero-order valence-electron chi connectivity index (χ0n) is 36.1. The number of ether oxygens (including phenoxy) is 3. The van der Waals surface area contributed by atoms with Gasteiger partial charge in [-0.25, -0.2) is 0 Å². The number of hydrogen-bond acceptors (Lipinski definition) is 6. The molecule has 0 aliphatic rings. The molecule has 6 heteroatoms. The molecule has 0 N–H and O–H groups in total. The topological polar surface area (TPSA) is 78.9 Å². The minimum atomic E-state index is -0.804. The molecule has 0 aromatic rings. The second-order valence-electron chi connectivity index (χ2n) is 14.6. The van der Waals surface area contributed by atoms with E-state index >= 15 is 0 Å². The molecule has 0 aliphatic carbocycles. The second-order valence-corrected chi connectivity index (χ2v) is 14.6. The van der Waals surface area contributed by atoms with Crippen LogP contribution in [0.4, 0.5) is 0 Å². The Bertz CT molecular complexity index is 1120. The van der Waals surface area contributed by atoms with Crippen molar-refractivity contribution in [2.45, 2.75) is 200 Å². The third-order valence-electron chi connectivity index (χ3n) is 9.24. The number of hydrogen-bond donors (Lipinski definition) is 0. The van der Waals surface area contributed by atoms with E-state index < -0.39 is 6.10 Å². The Morgan fingerprint density at radius 1 is 0.393 bits per heavy atom. The van der Waals surface area contributed by atoms with Gasteiger partial charge in [0.05, 0.1) is 0 Å². The van der Waals surface area contributed by atoms with Crippen molar-refractivity contribution in [3.8, 4) is 0 Å². The van der Waals surface area contributed by atoms with E-state index in [1.807, 2.05) is 36.5 Å². The van der Waals surface area contributed by atoms with E-state index in [-0.39, 0.29) is 31.1 Å². The second kappa shape index (κ2) is 44.3. The van der Waals surface area contributed by atoms with Crippen molar-refractivity contribution in [3.05, 3.63) is 85.1 Å². The molecule has 318 valence electrons. The zero-order valence-corrected chi connectivity index (χ0v) is 36.1. The standard InChI is InChI=1S/C50H82O6/c1-4-7-10-13-16-19-22-25-28-31-34-37-40-43-49(52)55-46-47(45-54-48(51)42-39-36-33-30-27-24-21-18-15-12-9-6-3)56-50(53)44-41-38-35-32-29-26-23-20-17-14-11-8-5-2/h7,9-10,12-13,16,18-19,21-22,25,27-28,30,47H,4-6,8,11,14-15,17,20,23-24,26,29,31-46H2,1-3H3/b10-7-,12-9-,16-13-,21-18-,22-19-,28-25-,30-27-. The van der Waals surface area contributed by atoms with Gasteiger partial charge in [0.2, 0.25) is 0 Å². The molecule has 56 heavy (non-hydrogen) atoms. The fourth-order valence-corrected chi connectivity index (χ4v) is 5.88. The number of carbonyl (C=O) groups is 3. The molecule has 0 radical (unpaired) electrons. The molecule has 0 amide bonds. The molecule has 0 saturated heterocycles. The average molecular weight is 779 g/mol. The summed E-state index contributed by atoms with van der Waals surface area (Å²) in [6.45, 7) is 6.29. The highest BCUT2D eigenvalue weighted by Gasteiger charge is 2.19. The van der Waals surface area contributed by atoms with Gasteiger partial charge in [-0.1, -0.05) is 189 Å². The highest BCUT2D eigenvalue weighted by molar-refractivity contribution is 5.71. The highest BCUT2D eigenvalue weighted by Crippen LogP contribution is 2.14. The predicted octanol–water partition coefficient (Wildman–Crippen LogP) is 14.5. The maximum absolute atomic E-state index is 12.7. The van der Waals surface area contributed by atoms with Gasteiger partial charge in [0.1, 0.15) is 13.2 Å². The quantitative estimate of drug-likeness (QED) is 0.0203. The summed E-state index contributed by atoms with van der Waals surface area (Å²) in [6, 6.07) is 0. The summed E-state index contributed by atoms with van der Waals surface area (Å²) in [7, 11) is 0. The molecule has 1 atom stereocenters. The number of unbranched alkanes of at least 4 members (excludes halogenated alkanes) is 17. The Hall–Kier alpha value is -3.41. The third-order valence-corrected chi connectivity index (χ3v) is 9.24. The van der Waals surface area contributed by atoms with Crippen LogP contribution >= 0.6 is 0 Å². The van der Waals surface area contributed by atoms with Crippen LogP contribution in [0.1, 0.15) is 194 Å². The minimum Gasteiger partial charge on any atom is -0.462 e. The van der Waals surface area contributed by atoms with Gasteiger partial charge in [0.15, 0.2) is 6.10 Å². The van der Waals surface area contributed by atoms with E-state index in [1.54, 1.807) is 0 Å². The van der Waals surface area contributed by atoms with Crippen LogP contribution in [0.5, 0.6) is 0 Å². The van der Waals surface area contributed by atoms with Crippen molar-refractivity contribution >= 4 is 17.9 Å². The van der Waals surface area contributed by atoms with E-state index in [0.717, 1.165) is 89.9 Å². The van der Waals surface area contributed by atoms with Crippen molar-refractivity contribution in [1.29, 1.82) is 0 Å². The first kappa shape index (κ1) is 52.6. The van der Waals surface area contributed by atoms with Crippen molar-refractivity contribution < 1.29 is 28.6 Å². The van der Waals surface area contributed by atoms with Crippen LogP contribution in [0, 0.1) is 0 Å². The van der Waals surface area contributed by atoms with Crippen molar-refractivity contribution in [3.63, 3.8) is 0 Å². The third kappa shape index (κ3) is 41.7. The molecule has 0 bridgehead atoms. The van der Waals surface area contributed by atoms with Gasteiger partial charge in [-0.15, -0.1) is 0 Å². The minimum absolute atomic E-state index is 0.109. The summed E-state index contributed by atoms with van der Waals surface area (Å²) in [5, 5.41) is 0. The first-order chi connectivity index (χ1) is 27.5. The Morgan fingerprint density at radius 2 is 0.786 bits per heavy atom. The van der Waals surface area contributed by atoms with Gasteiger partial charge < -0.3 is 14.2 Å². The molecule has 1 unspecified atom stereocenters. The molecule has 0 spiro atoms. The van der Waals surface area contributed by atoms with Gasteiger partial charge in [-0.2, -0.15) is 0 Å². The largest absolute Gasteiger partial charge is 0.462 e. The Kier molecular flexibility index (Phi) is 41.6. The van der Waals surface area contributed by atoms with Crippen LogP contribution in [-0.2, 0) is 28.6 Å². The van der Waals surface area contributed by atoms with E-state index in [9.17, 15) is 14.4 Å². The lowest BCUT2D eigenvalue weighted by atomic mass is 10.0. The average Bonchev–Trinajstić information content (AvgIpc) is 3.19. The fourth-order valence-electron chi connectivity index (χ4n) is 5.88. The smallest absolute Gasteiger partial charge is 0.306 e. The van der Waals surface area contributed by atoms with Crippen molar-refractivity contribution in [2.24, 2.45) is 0 Å². The summed E-state index contributed by atoms with van der Waals surface area (Å²) in [5.74, 6) is -0.990. The summed E-state index contributed by atoms with van der Waals surface area (Å²) < 4.78 is 16.6. The maximum atomic E-state index is 12.7. The normalized spacial score (nSPS) is 12.8. The lowest BCUT2D eigenvalue weighted by Gasteiger charge is -2.18. The van der Waals surface area contributed by atoms with Crippen molar-refractivity contribution in [2.75, 3.05) is 13.2 Å². The summed E-state index contributed by atoms with van der Waals surface area (Å²) in [5.41, 5.74) is 0. The van der Waals surface area contributed by atoms with Gasteiger partial charge >= 0.3 is 17.9 Å². The molecule has 0 fully saturated rings. The zero-order chi connectivity index (χ0) is 40.8. The number of rotatable bonds is 39.